The summed E-state index contributed by atoms with van der Waals surface area (Å²) in [5.74, 6) is 6.32. The van der Waals surface area contributed by atoms with Crippen molar-refractivity contribution < 1.29 is 9.53 Å². The topological polar surface area (TPSA) is 44.1 Å². The number of carbonyl (C=O) groups excluding carboxylic acids is 1. The van der Waals surface area contributed by atoms with Crippen LogP contribution >= 0.6 is 0 Å². The van der Waals surface area contributed by atoms with Crippen molar-refractivity contribution in [2.45, 2.75) is 44.6 Å². The fourth-order valence-electron chi connectivity index (χ4n) is 4.15. The standard InChI is InChI=1S/C26H26N2O2/c1-26(2)13-12-24(28-15-14-27-18-28)22-11-10-20(16-23(22)26)7-4-19-5-8-21(9-6-19)17-25(29)30-3/h5-6,8-11,14-16,18,24H,12-13,17H2,1-3H3. The zero-order valence-corrected chi connectivity index (χ0v) is 17.7. The fourth-order valence-corrected chi connectivity index (χ4v) is 4.15. The Labute approximate surface area is 177 Å². The first kappa shape index (κ1) is 20.0. The maximum atomic E-state index is 11.4. The minimum atomic E-state index is -0.237. The summed E-state index contributed by atoms with van der Waals surface area (Å²) in [4.78, 5) is 15.6. The third-order valence-corrected chi connectivity index (χ3v) is 5.95. The van der Waals surface area contributed by atoms with E-state index in [4.69, 9.17) is 4.74 Å². The fraction of sp³-hybridized carbons (Fsp3) is 0.308. The molecule has 1 aliphatic carbocycles. The van der Waals surface area contributed by atoms with Crippen LogP contribution in [0.2, 0.25) is 0 Å². The maximum Gasteiger partial charge on any atom is 0.309 e. The largest absolute Gasteiger partial charge is 0.469 e. The number of carbonyl (C=O) groups is 1. The van der Waals surface area contributed by atoms with E-state index >= 15 is 0 Å². The molecular weight excluding hydrogens is 372 g/mol. The molecule has 0 bridgehead atoms. The summed E-state index contributed by atoms with van der Waals surface area (Å²) < 4.78 is 6.91. The molecule has 4 nitrogen and oxygen atoms in total. The van der Waals surface area contributed by atoms with Crippen LogP contribution in [0.25, 0.3) is 0 Å². The van der Waals surface area contributed by atoms with Crippen molar-refractivity contribution in [1.82, 2.24) is 9.55 Å². The molecule has 0 N–H and O–H groups in total. The number of benzene rings is 2. The third-order valence-electron chi connectivity index (χ3n) is 5.95. The number of methoxy groups -OCH3 is 1. The minimum absolute atomic E-state index is 0.125. The monoisotopic (exact) mass is 398 g/mol. The van der Waals surface area contributed by atoms with E-state index in [1.54, 1.807) is 0 Å². The lowest BCUT2D eigenvalue weighted by molar-refractivity contribution is -0.139. The summed E-state index contributed by atoms with van der Waals surface area (Å²) in [6.07, 6.45) is 8.31. The lowest BCUT2D eigenvalue weighted by atomic mass is 9.70. The van der Waals surface area contributed by atoms with Crippen molar-refractivity contribution in [2.24, 2.45) is 0 Å². The first-order valence-electron chi connectivity index (χ1n) is 10.3. The zero-order valence-electron chi connectivity index (χ0n) is 17.7. The SMILES string of the molecule is COC(=O)Cc1ccc(C#Cc2ccc3c(c2)C(C)(C)CCC3n2ccnc2)cc1. The molecular formula is C26H26N2O2. The number of nitrogens with zero attached hydrogens (tertiary/aromatic N) is 2. The molecule has 152 valence electrons. The van der Waals surface area contributed by atoms with Gasteiger partial charge < -0.3 is 9.30 Å². The molecule has 4 heteroatoms. The van der Waals surface area contributed by atoms with Crippen molar-refractivity contribution in [3.8, 4) is 11.8 Å². The van der Waals surface area contributed by atoms with Gasteiger partial charge in [0.1, 0.15) is 0 Å². The Bertz CT molecular complexity index is 1100. The second-order valence-electron chi connectivity index (χ2n) is 8.45. The van der Waals surface area contributed by atoms with Crippen LogP contribution in [0.1, 0.15) is 60.5 Å². The zero-order chi connectivity index (χ0) is 21.1. The quantitative estimate of drug-likeness (QED) is 0.476. The van der Waals surface area contributed by atoms with Crippen LogP contribution in [0, 0.1) is 11.8 Å². The van der Waals surface area contributed by atoms with Gasteiger partial charge in [-0.2, -0.15) is 0 Å². The van der Waals surface area contributed by atoms with Crippen molar-refractivity contribution in [3.63, 3.8) is 0 Å². The number of fused-ring (bicyclic) bond motifs is 1. The van der Waals surface area contributed by atoms with Gasteiger partial charge in [0.2, 0.25) is 0 Å². The molecule has 3 aromatic rings. The third kappa shape index (κ3) is 4.16. The van der Waals surface area contributed by atoms with E-state index in [1.165, 1.54) is 18.2 Å². The van der Waals surface area contributed by atoms with E-state index in [1.807, 2.05) is 43.0 Å². The molecule has 0 saturated carbocycles. The molecule has 0 radical (unpaired) electrons. The Morgan fingerprint density at radius 3 is 2.60 bits per heavy atom. The molecule has 4 rings (SSSR count). The van der Waals surface area contributed by atoms with Crippen LogP contribution in [-0.2, 0) is 21.4 Å². The van der Waals surface area contributed by atoms with Crippen molar-refractivity contribution in [2.75, 3.05) is 7.11 Å². The van der Waals surface area contributed by atoms with Gasteiger partial charge in [-0.15, -0.1) is 0 Å². The van der Waals surface area contributed by atoms with Crippen molar-refractivity contribution in [3.05, 3.63) is 89.0 Å². The van der Waals surface area contributed by atoms with E-state index < -0.39 is 0 Å². The molecule has 1 unspecified atom stereocenters. The number of imidazole rings is 1. The highest BCUT2D eigenvalue weighted by atomic mass is 16.5. The molecule has 0 fully saturated rings. The predicted octanol–water partition coefficient (Wildman–Crippen LogP) is 4.66. The van der Waals surface area contributed by atoms with Gasteiger partial charge in [0.15, 0.2) is 0 Å². The molecule has 0 aliphatic heterocycles. The van der Waals surface area contributed by atoms with Gasteiger partial charge in [-0.1, -0.05) is 43.9 Å². The molecule has 2 aromatic carbocycles. The number of hydrogen-bond donors (Lipinski definition) is 0. The van der Waals surface area contributed by atoms with Crippen LogP contribution < -0.4 is 0 Å². The second-order valence-corrected chi connectivity index (χ2v) is 8.45. The highest BCUT2D eigenvalue weighted by Crippen LogP contribution is 2.43. The van der Waals surface area contributed by atoms with Crippen LogP contribution in [0.5, 0.6) is 0 Å². The summed E-state index contributed by atoms with van der Waals surface area (Å²) >= 11 is 0. The van der Waals surface area contributed by atoms with Crippen LogP contribution in [0.3, 0.4) is 0 Å². The Hall–Kier alpha value is -3.32. The number of ether oxygens (including phenoxy) is 1. The van der Waals surface area contributed by atoms with Crippen molar-refractivity contribution in [1.29, 1.82) is 0 Å². The summed E-state index contributed by atoms with van der Waals surface area (Å²) in [6, 6.07) is 14.7. The van der Waals surface area contributed by atoms with Gasteiger partial charge in [-0.05, 0) is 59.2 Å². The average Bonchev–Trinajstić information content (AvgIpc) is 3.28. The molecule has 1 atom stereocenters. The van der Waals surface area contributed by atoms with Crippen LogP contribution in [-0.4, -0.2) is 22.6 Å². The molecule has 0 amide bonds. The Balaban J connectivity index is 1.59. The van der Waals surface area contributed by atoms with Gasteiger partial charge in [0, 0.05) is 23.5 Å². The van der Waals surface area contributed by atoms with E-state index in [9.17, 15) is 4.79 Å². The maximum absolute atomic E-state index is 11.4. The van der Waals surface area contributed by atoms with E-state index in [2.05, 4.69) is 53.4 Å². The second kappa shape index (κ2) is 8.20. The van der Waals surface area contributed by atoms with Gasteiger partial charge >= 0.3 is 5.97 Å². The molecule has 0 spiro atoms. The Morgan fingerprint density at radius 1 is 1.17 bits per heavy atom. The first-order valence-corrected chi connectivity index (χ1v) is 10.3. The highest BCUT2D eigenvalue weighted by Gasteiger charge is 2.33. The summed E-state index contributed by atoms with van der Waals surface area (Å²) in [5, 5.41) is 0. The molecule has 1 aromatic heterocycles. The smallest absolute Gasteiger partial charge is 0.309 e. The highest BCUT2D eigenvalue weighted by molar-refractivity contribution is 5.72. The van der Waals surface area contributed by atoms with E-state index in [-0.39, 0.29) is 17.8 Å². The van der Waals surface area contributed by atoms with Gasteiger partial charge in [-0.25, -0.2) is 4.98 Å². The summed E-state index contributed by atoms with van der Waals surface area (Å²) in [5.41, 5.74) is 5.73. The van der Waals surface area contributed by atoms with E-state index in [0.717, 1.165) is 29.5 Å². The normalized spacial score (nSPS) is 16.8. The van der Waals surface area contributed by atoms with E-state index in [0.29, 0.717) is 6.04 Å². The average molecular weight is 399 g/mol. The van der Waals surface area contributed by atoms with Gasteiger partial charge in [-0.3, -0.25) is 4.79 Å². The molecule has 1 heterocycles. The minimum Gasteiger partial charge on any atom is -0.469 e. The predicted molar refractivity (Wildman–Crippen MR) is 117 cm³/mol. The number of rotatable bonds is 3. The molecule has 1 aliphatic rings. The lowest BCUT2D eigenvalue weighted by Gasteiger charge is -2.37. The van der Waals surface area contributed by atoms with Gasteiger partial charge in [0.05, 0.1) is 25.9 Å². The lowest BCUT2D eigenvalue weighted by Crippen LogP contribution is -2.28. The van der Waals surface area contributed by atoms with Crippen molar-refractivity contribution >= 4 is 5.97 Å². The van der Waals surface area contributed by atoms with Crippen LogP contribution in [0.4, 0.5) is 0 Å². The summed E-state index contributed by atoms with van der Waals surface area (Å²) in [7, 11) is 1.40. The molecule has 0 saturated heterocycles. The molecule has 30 heavy (non-hydrogen) atoms. The Morgan fingerprint density at radius 2 is 1.90 bits per heavy atom. The Kier molecular flexibility index (Phi) is 5.46. The van der Waals surface area contributed by atoms with Crippen LogP contribution in [0.15, 0.2) is 61.2 Å². The first-order chi connectivity index (χ1) is 14.5. The number of esters is 1. The number of hydrogen-bond acceptors (Lipinski definition) is 3. The number of aromatic nitrogens is 2. The van der Waals surface area contributed by atoms with Gasteiger partial charge in [0.25, 0.3) is 0 Å². The summed E-state index contributed by atoms with van der Waals surface area (Å²) in [6.45, 7) is 4.63.